The molecular formula is C28H38N2O5V. The van der Waals surface area contributed by atoms with Crippen molar-refractivity contribution < 1.29 is 41.5 Å². The first-order chi connectivity index (χ1) is 17.4. The van der Waals surface area contributed by atoms with Crippen LogP contribution in [0, 0.1) is 24.7 Å². The van der Waals surface area contributed by atoms with Crippen LogP contribution in [-0.2, 0) is 26.5 Å². The number of hydrogen-bond donors (Lipinski definition) is 5. The van der Waals surface area contributed by atoms with Crippen LogP contribution in [0.15, 0.2) is 41.4 Å². The molecular weight excluding hydrogens is 495 g/mol. The van der Waals surface area contributed by atoms with E-state index in [1.165, 1.54) is 38.5 Å². The molecule has 4 bridgehead atoms. The average molecular weight is 534 g/mol. The Labute approximate surface area is 222 Å². The van der Waals surface area contributed by atoms with E-state index in [4.69, 9.17) is 8.78 Å². The maximum absolute atomic E-state index is 10.4. The van der Waals surface area contributed by atoms with Gasteiger partial charge in [-0.3, -0.25) is 4.99 Å². The summed E-state index contributed by atoms with van der Waals surface area (Å²) in [6.45, 7) is 3.94. The van der Waals surface area contributed by atoms with E-state index in [0.29, 0.717) is 13.1 Å². The predicted molar refractivity (Wildman–Crippen MR) is 136 cm³/mol. The van der Waals surface area contributed by atoms with Gasteiger partial charge in [0.05, 0.1) is 13.2 Å². The van der Waals surface area contributed by atoms with Crippen LogP contribution in [0.4, 0.5) is 0 Å². The molecule has 0 spiro atoms. The SMILES string of the molecule is Cc1ccc(C23CC4CC(CC(C4)C2)C3)c(O)c1O.OCCNCCN=Cc1ccccc1O.[O]=[V]. The third kappa shape index (κ3) is 6.77. The van der Waals surface area contributed by atoms with Gasteiger partial charge in [-0.15, -0.1) is 0 Å². The first-order valence-electron chi connectivity index (χ1n) is 12.7. The van der Waals surface area contributed by atoms with Gasteiger partial charge in [-0.1, -0.05) is 24.3 Å². The second-order valence-electron chi connectivity index (χ2n) is 10.4. The number of aliphatic imine (C=N–C) groups is 1. The molecule has 0 radical (unpaired) electrons. The second kappa shape index (κ2) is 13.4. The van der Waals surface area contributed by atoms with E-state index in [-0.39, 0.29) is 29.3 Å². The van der Waals surface area contributed by atoms with Crippen LogP contribution in [0.2, 0.25) is 0 Å². The predicted octanol–water partition coefficient (Wildman–Crippen LogP) is 4.15. The van der Waals surface area contributed by atoms with Crippen LogP contribution in [0.1, 0.15) is 55.2 Å². The summed E-state index contributed by atoms with van der Waals surface area (Å²) in [6, 6.07) is 11.1. The van der Waals surface area contributed by atoms with Gasteiger partial charge in [0.1, 0.15) is 5.75 Å². The number of phenolic OH excluding ortho intramolecular Hbond substituents is 3. The van der Waals surface area contributed by atoms with E-state index >= 15 is 0 Å². The number of aromatic hydroxyl groups is 3. The van der Waals surface area contributed by atoms with Crippen LogP contribution in [-0.4, -0.2) is 52.9 Å². The molecule has 195 valence electrons. The summed E-state index contributed by atoms with van der Waals surface area (Å²) in [7, 11) is 0. The van der Waals surface area contributed by atoms with Gasteiger partial charge in [0.15, 0.2) is 11.5 Å². The summed E-state index contributed by atoms with van der Waals surface area (Å²) in [4.78, 5) is 4.15. The Morgan fingerprint density at radius 3 is 2.14 bits per heavy atom. The Kier molecular flexibility index (Phi) is 10.6. The van der Waals surface area contributed by atoms with Crippen molar-refractivity contribution in [3.05, 3.63) is 53.1 Å². The van der Waals surface area contributed by atoms with Crippen LogP contribution < -0.4 is 5.32 Å². The van der Waals surface area contributed by atoms with Gasteiger partial charge in [-0.2, -0.15) is 0 Å². The number of aliphatic hydroxyl groups excluding tert-OH is 1. The normalized spacial score (nSPS) is 25.6. The van der Waals surface area contributed by atoms with Crippen molar-refractivity contribution in [2.45, 2.75) is 50.9 Å². The number of phenols is 3. The molecule has 0 aliphatic heterocycles. The van der Waals surface area contributed by atoms with Crippen molar-refractivity contribution in [2.24, 2.45) is 22.7 Å². The van der Waals surface area contributed by atoms with Crippen LogP contribution in [0.3, 0.4) is 0 Å². The van der Waals surface area contributed by atoms with Gasteiger partial charge in [-0.25, -0.2) is 0 Å². The minimum absolute atomic E-state index is 0.0910. The van der Waals surface area contributed by atoms with E-state index < -0.39 is 0 Å². The van der Waals surface area contributed by atoms with Gasteiger partial charge in [-0.05, 0) is 86.3 Å². The van der Waals surface area contributed by atoms with Gasteiger partial charge in [0.25, 0.3) is 0 Å². The summed E-state index contributed by atoms with van der Waals surface area (Å²) in [5.74, 6) is 3.05. The number of hydrogen-bond acceptors (Lipinski definition) is 7. The molecule has 4 fully saturated rings. The molecule has 0 aromatic heterocycles. The number of rotatable bonds is 7. The zero-order chi connectivity index (χ0) is 26.1. The van der Waals surface area contributed by atoms with E-state index in [9.17, 15) is 15.3 Å². The number of para-hydroxylation sites is 1. The molecule has 0 heterocycles. The van der Waals surface area contributed by atoms with Crippen molar-refractivity contribution in [3.63, 3.8) is 0 Å². The van der Waals surface area contributed by atoms with Gasteiger partial charge < -0.3 is 25.7 Å². The van der Waals surface area contributed by atoms with Crippen LogP contribution in [0.25, 0.3) is 0 Å². The molecule has 0 atom stereocenters. The van der Waals surface area contributed by atoms with E-state index in [1.54, 1.807) is 24.4 Å². The van der Waals surface area contributed by atoms with Gasteiger partial charge in [0, 0.05) is 30.4 Å². The van der Waals surface area contributed by atoms with Crippen molar-refractivity contribution in [1.29, 1.82) is 0 Å². The Morgan fingerprint density at radius 1 is 0.944 bits per heavy atom. The quantitative estimate of drug-likeness (QED) is 0.207. The molecule has 2 aromatic carbocycles. The molecule has 5 N–H and O–H groups in total. The Hall–Kier alpha value is -2.19. The summed E-state index contributed by atoms with van der Waals surface area (Å²) < 4.78 is 8.19. The third-order valence-corrected chi connectivity index (χ3v) is 7.84. The number of nitrogens with one attached hydrogen (secondary N) is 1. The minimum atomic E-state index is 0.0910. The molecule has 0 amide bonds. The maximum atomic E-state index is 10.4. The fourth-order valence-corrected chi connectivity index (χ4v) is 6.66. The third-order valence-electron chi connectivity index (χ3n) is 7.84. The zero-order valence-corrected chi connectivity index (χ0v) is 22.3. The van der Waals surface area contributed by atoms with E-state index in [1.807, 2.05) is 19.1 Å². The summed E-state index contributed by atoms with van der Waals surface area (Å²) in [5.41, 5.74) is 2.67. The molecule has 4 saturated carbocycles. The topological polar surface area (TPSA) is 122 Å². The number of benzene rings is 2. The van der Waals surface area contributed by atoms with Crippen molar-refractivity contribution >= 4 is 6.21 Å². The van der Waals surface area contributed by atoms with E-state index in [0.717, 1.165) is 58.4 Å². The molecule has 4 aliphatic rings. The fraction of sp³-hybridized carbons (Fsp3) is 0.536. The number of aliphatic hydroxyl groups is 1. The molecule has 4 aliphatic carbocycles. The summed E-state index contributed by atoms with van der Waals surface area (Å²) >= 11 is 1.06. The van der Waals surface area contributed by atoms with Crippen molar-refractivity contribution in [2.75, 3.05) is 26.2 Å². The number of aryl methyl sites for hydroxylation is 1. The molecule has 6 rings (SSSR count). The standard InChI is InChI=1S/C17H22O2.C11H16N2O2.O.V/c1-10-2-3-14(16(19)15(10)18)17-7-11-4-12(8-17)6-13(5-11)9-17;14-8-7-12-5-6-13-9-10-3-1-2-4-11(10)15;;/h2-3,11-13,18-19H,4-9H2,1H3;1-4,9,12,14-15H,5-8H2;;. The molecule has 2 aromatic rings. The fourth-order valence-electron chi connectivity index (χ4n) is 6.66. The number of nitrogens with zero attached hydrogens (tertiary/aromatic N) is 1. The first kappa shape index (κ1) is 28.4. The van der Waals surface area contributed by atoms with Crippen LogP contribution >= 0.6 is 0 Å². The molecule has 36 heavy (non-hydrogen) atoms. The Balaban J connectivity index is 0.000000194. The molecule has 7 nitrogen and oxygen atoms in total. The van der Waals surface area contributed by atoms with Crippen molar-refractivity contribution in [1.82, 2.24) is 5.32 Å². The van der Waals surface area contributed by atoms with Gasteiger partial charge >= 0.3 is 21.0 Å². The van der Waals surface area contributed by atoms with Gasteiger partial charge in [0.2, 0.25) is 0 Å². The zero-order valence-electron chi connectivity index (χ0n) is 20.9. The Morgan fingerprint density at radius 2 is 1.56 bits per heavy atom. The first-order valence-corrected chi connectivity index (χ1v) is 13.3. The summed E-state index contributed by atoms with van der Waals surface area (Å²) in [6.07, 6.45) is 9.50. The molecule has 8 heteroatoms. The second-order valence-corrected chi connectivity index (χ2v) is 10.4. The average Bonchev–Trinajstić information content (AvgIpc) is 2.86. The summed E-state index contributed by atoms with van der Waals surface area (Å²) in [5, 5.41) is 41.4. The van der Waals surface area contributed by atoms with Crippen LogP contribution in [0.5, 0.6) is 17.2 Å². The van der Waals surface area contributed by atoms with E-state index in [2.05, 4.69) is 16.4 Å². The van der Waals surface area contributed by atoms with Crippen molar-refractivity contribution in [3.8, 4) is 17.2 Å². The Bertz CT molecular complexity index is 994. The molecule has 0 saturated heterocycles. The monoisotopic (exact) mass is 533 g/mol. The molecule has 0 unspecified atom stereocenters.